The topological polar surface area (TPSA) is 29.3 Å². The predicted molar refractivity (Wildman–Crippen MR) is 66.0 cm³/mol. The fraction of sp³-hybridized carbons (Fsp3) is 0.571. The summed E-state index contributed by atoms with van der Waals surface area (Å²) in [6, 6.07) is 8.56. The Morgan fingerprint density at radius 2 is 1.71 bits per heavy atom. The van der Waals surface area contributed by atoms with Gasteiger partial charge in [0, 0.05) is 24.7 Å². The number of hydrogen-bond acceptors (Lipinski definition) is 2. The molecule has 0 radical (unpaired) electrons. The molecule has 0 aromatic heterocycles. The first kappa shape index (κ1) is 11.2. The second-order valence-electron chi connectivity index (χ2n) is 5.42. The molecule has 0 aliphatic carbocycles. The van der Waals surface area contributed by atoms with E-state index in [1.165, 1.54) is 18.4 Å². The van der Waals surface area contributed by atoms with Crippen molar-refractivity contribution in [3.63, 3.8) is 0 Å². The normalized spacial score (nSPS) is 32.9. The Morgan fingerprint density at radius 3 is 2.29 bits per heavy atom. The molecule has 0 spiro atoms. The number of piperidine rings is 1. The first-order chi connectivity index (χ1) is 8.22. The lowest BCUT2D eigenvalue weighted by Gasteiger charge is -2.37. The minimum absolute atomic E-state index is 0.155. The predicted octanol–water partition coefficient (Wildman–Crippen LogP) is 2.28. The van der Waals surface area contributed by atoms with E-state index in [-0.39, 0.29) is 5.82 Å². The maximum atomic E-state index is 12.9. The molecule has 2 nitrogen and oxygen atoms in total. The second-order valence-corrected chi connectivity index (χ2v) is 5.42. The number of rotatable bonds is 2. The smallest absolute Gasteiger partial charge is 0.123 e. The fourth-order valence-electron chi connectivity index (χ4n) is 3.38. The summed E-state index contributed by atoms with van der Waals surface area (Å²) in [6.07, 6.45) is 4.80. The van der Waals surface area contributed by atoms with E-state index < -0.39 is 0 Å². The van der Waals surface area contributed by atoms with Gasteiger partial charge in [0.1, 0.15) is 5.82 Å². The van der Waals surface area contributed by atoms with Crippen molar-refractivity contribution in [3.05, 3.63) is 35.6 Å². The molecule has 17 heavy (non-hydrogen) atoms. The maximum Gasteiger partial charge on any atom is 0.123 e. The van der Waals surface area contributed by atoms with Crippen molar-refractivity contribution in [2.75, 3.05) is 0 Å². The molecule has 1 aromatic rings. The average Bonchev–Trinajstić information content (AvgIpc) is 2.56. The van der Waals surface area contributed by atoms with Crippen molar-refractivity contribution < 1.29 is 4.39 Å². The van der Waals surface area contributed by atoms with Gasteiger partial charge in [-0.25, -0.2) is 4.39 Å². The Hall–Kier alpha value is -0.930. The van der Waals surface area contributed by atoms with Crippen molar-refractivity contribution >= 4 is 0 Å². The molecule has 2 aliphatic rings. The summed E-state index contributed by atoms with van der Waals surface area (Å²) < 4.78 is 12.9. The first-order valence-electron chi connectivity index (χ1n) is 6.48. The van der Waals surface area contributed by atoms with Crippen LogP contribution in [0.15, 0.2) is 24.3 Å². The number of benzene rings is 1. The largest absolute Gasteiger partial charge is 0.328 e. The van der Waals surface area contributed by atoms with Crippen LogP contribution in [0, 0.1) is 5.82 Å². The SMILES string of the molecule is NC1CC2CCC(C1)N2Cc1ccc(F)cc1. The van der Waals surface area contributed by atoms with Crippen LogP contribution in [0.5, 0.6) is 0 Å². The molecule has 1 aromatic carbocycles. The molecule has 2 bridgehead atoms. The summed E-state index contributed by atoms with van der Waals surface area (Å²) in [5.74, 6) is -0.155. The maximum absolute atomic E-state index is 12.9. The highest BCUT2D eigenvalue weighted by molar-refractivity contribution is 5.17. The molecule has 2 saturated heterocycles. The van der Waals surface area contributed by atoms with Crippen molar-refractivity contribution in [1.82, 2.24) is 4.90 Å². The van der Waals surface area contributed by atoms with E-state index >= 15 is 0 Å². The Kier molecular flexibility index (Phi) is 2.89. The van der Waals surface area contributed by atoms with Gasteiger partial charge in [-0.2, -0.15) is 0 Å². The molecular formula is C14H19FN2. The molecule has 2 aliphatic heterocycles. The standard InChI is InChI=1S/C14H19FN2/c15-11-3-1-10(2-4-11)9-17-13-5-6-14(17)8-12(16)7-13/h1-4,12-14H,5-9,16H2. The number of fused-ring (bicyclic) bond motifs is 2. The Morgan fingerprint density at radius 1 is 1.12 bits per heavy atom. The summed E-state index contributed by atoms with van der Waals surface area (Å²) in [6.45, 7) is 0.947. The molecule has 2 N–H and O–H groups in total. The summed E-state index contributed by atoms with van der Waals surface area (Å²) in [4.78, 5) is 2.57. The Labute approximate surface area is 102 Å². The molecule has 0 amide bonds. The van der Waals surface area contributed by atoms with Crippen LogP contribution in [-0.4, -0.2) is 23.0 Å². The average molecular weight is 234 g/mol. The monoisotopic (exact) mass is 234 g/mol. The highest BCUT2D eigenvalue weighted by Crippen LogP contribution is 2.36. The zero-order chi connectivity index (χ0) is 11.8. The Balaban J connectivity index is 1.72. The first-order valence-corrected chi connectivity index (χ1v) is 6.48. The summed E-state index contributed by atoms with van der Waals surface area (Å²) in [5.41, 5.74) is 7.26. The number of nitrogens with two attached hydrogens (primary N) is 1. The van der Waals surface area contributed by atoms with Gasteiger partial charge in [-0.3, -0.25) is 4.90 Å². The van der Waals surface area contributed by atoms with Crippen LogP contribution in [0.25, 0.3) is 0 Å². The molecule has 2 atom stereocenters. The third-order valence-corrected chi connectivity index (χ3v) is 4.20. The van der Waals surface area contributed by atoms with Gasteiger partial charge in [0.25, 0.3) is 0 Å². The molecule has 2 unspecified atom stereocenters. The van der Waals surface area contributed by atoms with E-state index in [9.17, 15) is 4.39 Å². The van der Waals surface area contributed by atoms with E-state index in [0.29, 0.717) is 18.1 Å². The minimum Gasteiger partial charge on any atom is -0.328 e. The van der Waals surface area contributed by atoms with Crippen LogP contribution >= 0.6 is 0 Å². The minimum atomic E-state index is -0.155. The van der Waals surface area contributed by atoms with Crippen molar-refractivity contribution in [1.29, 1.82) is 0 Å². The van der Waals surface area contributed by atoms with Crippen LogP contribution < -0.4 is 5.73 Å². The molecule has 92 valence electrons. The van der Waals surface area contributed by atoms with Crippen LogP contribution in [0.3, 0.4) is 0 Å². The molecule has 0 saturated carbocycles. The number of hydrogen-bond donors (Lipinski definition) is 1. The van der Waals surface area contributed by atoms with E-state index in [0.717, 1.165) is 19.4 Å². The number of nitrogens with zero attached hydrogens (tertiary/aromatic N) is 1. The van der Waals surface area contributed by atoms with Gasteiger partial charge in [-0.05, 0) is 43.4 Å². The van der Waals surface area contributed by atoms with Crippen molar-refractivity contribution in [2.24, 2.45) is 5.73 Å². The van der Waals surface area contributed by atoms with E-state index in [2.05, 4.69) is 4.90 Å². The van der Waals surface area contributed by atoms with Gasteiger partial charge in [0.15, 0.2) is 0 Å². The third kappa shape index (κ3) is 2.22. The lowest BCUT2D eigenvalue weighted by Crippen LogP contribution is -2.46. The Bertz CT molecular complexity index is 376. The lowest BCUT2D eigenvalue weighted by molar-refractivity contribution is 0.120. The van der Waals surface area contributed by atoms with Gasteiger partial charge in [0.05, 0.1) is 0 Å². The lowest BCUT2D eigenvalue weighted by atomic mass is 9.97. The third-order valence-electron chi connectivity index (χ3n) is 4.20. The van der Waals surface area contributed by atoms with Crippen LogP contribution in [0.2, 0.25) is 0 Å². The molecule has 3 heteroatoms. The highest BCUT2D eigenvalue weighted by atomic mass is 19.1. The van der Waals surface area contributed by atoms with Crippen LogP contribution in [0.1, 0.15) is 31.2 Å². The highest BCUT2D eigenvalue weighted by Gasteiger charge is 2.39. The van der Waals surface area contributed by atoms with E-state index in [1.807, 2.05) is 12.1 Å². The molecular weight excluding hydrogens is 215 g/mol. The molecule has 2 fully saturated rings. The van der Waals surface area contributed by atoms with Crippen LogP contribution in [0.4, 0.5) is 4.39 Å². The fourth-order valence-corrected chi connectivity index (χ4v) is 3.38. The van der Waals surface area contributed by atoms with Crippen LogP contribution in [-0.2, 0) is 6.54 Å². The zero-order valence-corrected chi connectivity index (χ0v) is 9.98. The number of halogens is 1. The molecule has 2 heterocycles. The van der Waals surface area contributed by atoms with Gasteiger partial charge < -0.3 is 5.73 Å². The zero-order valence-electron chi connectivity index (χ0n) is 9.98. The van der Waals surface area contributed by atoms with Crippen molar-refractivity contribution in [2.45, 2.75) is 50.4 Å². The quantitative estimate of drug-likeness (QED) is 0.850. The van der Waals surface area contributed by atoms with Gasteiger partial charge in [0.2, 0.25) is 0 Å². The van der Waals surface area contributed by atoms with Gasteiger partial charge in [-0.1, -0.05) is 12.1 Å². The van der Waals surface area contributed by atoms with E-state index in [1.54, 1.807) is 12.1 Å². The van der Waals surface area contributed by atoms with Gasteiger partial charge in [-0.15, -0.1) is 0 Å². The van der Waals surface area contributed by atoms with E-state index in [4.69, 9.17) is 5.73 Å². The molecule has 3 rings (SSSR count). The summed E-state index contributed by atoms with van der Waals surface area (Å²) >= 11 is 0. The summed E-state index contributed by atoms with van der Waals surface area (Å²) in [5, 5.41) is 0. The van der Waals surface area contributed by atoms with Gasteiger partial charge >= 0.3 is 0 Å². The van der Waals surface area contributed by atoms with Crippen molar-refractivity contribution in [3.8, 4) is 0 Å². The second kappa shape index (κ2) is 4.39. The summed E-state index contributed by atoms with van der Waals surface area (Å²) in [7, 11) is 0.